The maximum absolute atomic E-state index is 11.5. The second-order valence-electron chi connectivity index (χ2n) is 8.16. The Kier molecular flexibility index (Phi) is 5.75. The fourth-order valence-corrected chi connectivity index (χ4v) is 4.66. The summed E-state index contributed by atoms with van der Waals surface area (Å²) in [6.07, 6.45) is 1.69. The van der Waals surface area contributed by atoms with E-state index < -0.39 is 11.4 Å². The van der Waals surface area contributed by atoms with E-state index in [0.29, 0.717) is 0 Å². The van der Waals surface area contributed by atoms with Gasteiger partial charge in [-0.25, -0.2) is 9.78 Å². The lowest BCUT2D eigenvalue weighted by Crippen LogP contribution is -2.31. The zero-order valence-corrected chi connectivity index (χ0v) is 18.5. The largest absolute Gasteiger partial charge is 0.477 e. The van der Waals surface area contributed by atoms with Gasteiger partial charge in [-0.1, -0.05) is 121 Å². The summed E-state index contributed by atoms with van der Waals surface area (Å²) >= 11 is 0. The van der Waals surface area contributed by atoms with Crippen LogP contribution in [0.3, 0.4) is 0 Å². The maximum atomic E-state index is 11.5. The molecule has 5 aromatic rings. The van der Waals surface area contributed by atoms with Crippen molar-refractivity contribution in [2.75, 3.05) is 0 Å². The van der Waals surface area contributed by atoms with Crippen molar-refractivity contribution in [2.24, 2.45) is 0 Å². The number of carboxylic acids is 1. The van der Waals surface area contributed by atoms with Gasteiger partial charge < -0.3 is 5.11 Å². The first-order valence-electron chi connectivity index (χ1n) is 11.2. The average molecular weight is 442 g/mol. The number of pyridine rings is 1. The topological polar surface area (TPSA) is 50.2 Å². The summed E-state index contributed by atoms with van der Waals surface area (Å²) in [5.74, 6) is -1.04. The SMILES string of the molecule is O=C(O)c1ccc(C(c2ccccc2)(c2ccccc2)c2ccc(-c3ccccc3)cc2)cn1. The number of carbonyl (C=O) groups is 1. The van der Waals surface area contributed by atoms with Gasteiger partial charge in [0, 0.05) is 6.20 Å². The van der Waals surface area contributed by atoms with Crippen LogP contribution in [0, 0.1) is 0 Å². The van der Waals surface area contributed by atoms with Crippen molar-refractivity contribution in [3.05, 3.63) is 162 Å². The third-order valence-corrected chi connectivity index (χ3v) is 6.25. The van der Waals surface area contributed by atoms with E-state index in [2.05, 4.69) is 65.6 Å². The minimum absolute atomic E-state index is 0.0261. The van der Waals surface area contributed by atoms with Crippen LogP contribution in [0.15, 0.2) is 134 Å². The van der Waals surface area contributed by atoms with Gasteiger partial charge in [0.15, 0.2) is 0 Å². The second kappa shape index (κ2) is 9.16. The van der Waals surface area contributed by atoms with Gasteiger partial charge in [-0.15, -0.1) is 0 Å². The first kappa shape index (κ1) is 21.4. The van der Waals surface area contributed by atoms with Gasteiger partial charge in [0.2, 0.25) is 0 Å². The third kappa shape index (κ3) is 3.78. The summed E-state index contributed by atoms with van der Waals surface area (Å²) < 4.78 is 0. The van der Waals surface area contributed by atoms with E-state index >= 15 is 0 Å². The van der Waals surface area contributed by atoms with E-state index in [1.807, 2.05) is 60.7 Å². The van der Waals surface area contributed by atoms with Crippen LogP contribution < -0.4 is 0 Å². The Morgan fingerprint density at radius 3 is 1.44 bits per heavy atom. The summed E-state index contributed by atoms with van der Waals surface area (Å²) in [7, 11) is 0. The van der Waals surface area contributed by atoms with Crippen molar-refractivity contribution in [1.82, 2.24) is 4.98 Å². The summed E-state index contributed by atoms with van der Waals surface area (Å²) in [6, 6.07) is 43.0. The molecule has 1 N–H and O–H groups in total. The lowest BCUT2D eigenvalue weighted by atomic mass is 9.65. The Hall–Kier alpha value is -4.50. The molecule has 0 aliphatic carbocycles. The molecule has 3 heteroatoms. The number of carboxylic acid groups (broad SMARTS) is 1. The molecule has 3 nitrogen and oxygen atoms in total. The lowest BCUT2D eigenvalue weighted by Gasteiger charge is -2.36. The molecule has 0 fully saturated rings. The van der Waals surface area contributed by atoms with Crippen molar-refractivity contribution >= 4 is 5.97 Å². The third-order valence-electron chi connectivity index (χ3n) is 6.25. The molecule has 0 unspecified atom stereocenters. The number of rotatable bonds is 6. The fraction of sp³-hybridized carbons (Fsp3) is 0.0323. The van der Waals surface area contributed by atoms with Gasteiger partial charge in [-0.2, -0.15) is 0 Å². The average Bonchev–Trinajstić information content (AvgIpc) is 2.92. The Balaban J connectivity index is 1.78. The number of benzene rings is 4. The Morgan fingerprint density at radius 1 is 0.529 bits per heavy atom. The van der Waals surface area contributed by atoms with Crippen LogP contribution in [0.5, 0.6) is 0 Å². The van der Waals surface area contributed by atoms with Gasteiger partial charge in [-0.05, 0) is 39.4 Å². The molecule has 4 aromatic carbocycles. The van der Waals surface area contributed by atoms with Gasteiger partial charge in [-0.3, -0.25) is 0 Å². The first-order chi connectivity index (χ1) is 16.7. The van der Waals surface area contributed by atoms with Crippen LogP contribution in [0.2, 0.25) is 0 Å². The minimum atomic E-state index is -1.04. The molecular formula is C31H23NO2. The first-order valence-corrected chi connectivity index (χ1v) is 11.2. The van der Waals surface area contributed by atoms with E-state index in [0.717, 1.165) is 33.4 Å². The summed E-state index contributed by atoms with van der Waals surface area (Å²) in [6.45, 7) is 0. The Labute approximate surface area is 199 Å². The Bertz CT molecular complexity index is 1340. The molecule has 1 heterocycles. The molecule has 0 aliphatic heterocycles. The molecule has 0 saturated carbocycles. The smallest absolute Gasteiger partial charge is 0.354 e. The quantitative estimate of drug-likeness (QED) is 0.294. The lowest BCUT2D eigenvalue weighted by molar-refractivity contribution is 0.0690. The van der Waals surface area contributed by atoms with E-state index in [-0.39, 0.29) is 5.69 Å². The molecule has 164 valence electrons. The highest BCUT2D eigenvalue weighted by Crippen LogP contribution is 2.45. The monoisotopic (exact) mass is 441 g/mol. The van der Waals surface area contributed by atoms with E-state index in [4.69, 9.17) is 0 Å². The maximum Gasteiger partial charge on any atom is 0.354 e. The van der Waals surface area contributed by atoms with Gasteiger partial charge >= 0.3 is 5.97 Å². The van der Waals surface area contributed by atoms with Crippen LogP contribution >= 0.6 is 0 Å². The second-order valence-corrected chi connectivity index (χ2v) is 8.16. The van der Waals surface area contributed by atoms with E-state index in [9.17, 15) is 9.90 Å². The number of nitrogens with zero attached hydrogens (tertiary/aromatic N) is 1. The number of hydrogen-bond donors (Lipinski definition) is 1. The fourth-order valence-electron chi connectivity index (χ4n) is 4.66. The molecule has 0 bridgehead atoms. The molecule has 0 spiro atoms. The molecule has 0 radical (unpaired) electrons. The van der Waals surface area contributed by atoms with Crippen molar-refractivity contribution < 1.29 is 9.90 Å². The van der Waals surface area contributed by atoms with E-state index in [1.54, 1.807) is 12.3 Å². The summed E-state index contributed by atoms with van der Waals surface area (Å²) in [4.78, 5) is 15.8. The number of aromatic nitrogens is 1. The molecule has 0 atom stereocenters. The molecule has 0 amide bonds. The number of aromatic carboxylic acids is 1. The summed E-state index contributed by atoms with van der Waals surface area (Å²) in [5.41, 5.74) is 5.80. The van der Waals surface area contributed by atoms with Crippen LogP contribution in [0.1, 0.15) is 32.7 Å². The molecule has 0 saturated heterocycles. The molecule has 5 rings (SSSR count). The highest BCUT2D eigenvalue weighted by atomic mass is 16.4. The minimum Gasteiger partial charge on any atom is -0.477 e. The molecular weight excluding hydrogens is 418 g/mol. The highest BCUT2D eigenvalue weighted by molar-refractivity contribution is 5.85. The van der Waals surface area contributed by atoms with Crippen molar-refractivity contribution in [1.29, 1.82) is 0 Å². The summed E-state index contributed by atoms with van der Waals surface area (Å²) in [5, 5.41) is 9.41. The Morgan fingerprint density at radius 2 is 0.971 bits per heavy atom. The molecule has 34 heavy (non-hydrogen) atoms. The normalized spacial score (nSPS) is 11.2. The van der Waals surface area contributed by atoms with Crippen molar-refractivity contribution in [2.45, 2.75) is 5.41 Å². The molecule has 1 aromatic heterocycles. The van der Waals surface area contributed by atoms with Gasteiger partial charge in [0.05, 0.1) is 5.41 Å². The van der Waals surface area contributed by atoms with Crippen LogP contribution in [0.25, 0.3) is 11.1 Å². The zero-order chi connectivity index (χ0) is 23.4. The van der Waals surface area contributed by atoms with Crippen LogP contribution in [-0.4, -0.2) is 16.1 Å². The predicted molar refractivity (Wildman–Crippen MR) is 135 cm³/mol. The van der Waals surface area contributed by atoms with Gasteiger partial charge in [0.1, 0.15) is 5.69 Å². The molecule has 0 aliphatic rings. The van der Waals surface area contributed by atoms with Crippen LogP contribution in [0.4, 0.5) is 0 Å². The predicted octanol–water partition coefficient (Wildman–Crippen LogP) is 6.83. The highest BCUT2D eigenvalue weighted by Gasteiger charge is 2.38. The van der Waals surface area contributed by atoms with E-state index in [1.165, 1.54) is 0 Å². The van der Waals surface area contributed by atoms with Crippen molar-refractivity contribution in [3.8, 4) is 11.1 Å². The van der Waals surface area contributed by atoms with Gasteiger partial charge in [0.25, 0.3) is 0 Å². The number of hydrogen-bond acceptors (Lipinski definition) is 2. The zero-order valence-electron chi connectivity index (χ0n) is 18.5. The van der Waals surface area contributed by atoms with Crippen LogP contribution in [-0.2, 0) is 5.41 Å². The standard InChI is InChI=1S/C31H23NO2/c33-30(34)29-21-20-28(22-32-29)31(25-12-6-2-7-13-25,26-14-8-3-9-15-26)27-18-16-24(17-19-27)23-10-4-1-5-11-23/h1-22H,(H,33,34). The van der Waals surface area contributed by atoms with Crippen molar-refractivity contribution in [3.63, 3.8) is 0 Å².